The molecule has 1 amide bonds. The largest absolute Gasteiger partial charge is 0.504 e. The van der Waals surface area contributed by atoms with Gasteiger partial charge in [-0.15, -0.1) is 0 Å². The zero-order valence-corrected chi connectivity index (χ0v) is 8.81. The van der Waals surface area contributed by atoms with Gasteiger partial charge in [-0.25, -0.2) is 0 Å². The molecule has 16 heavy (non-hydrogen) atoms. The summed E-state index contributed by atoms with van der Waals surface area (Å²) in [4.78, 5) is 13.7. The van der Waals surface area contributed by atoms with Gasteiger partial charge in [0.2, 0.25) is 0 Å². The van der Waals surface area contributed by atoms with E-state index in [4.69, 9.17) is 0 Å². The van der Waals surface area contributed by atoms with Crippen LogP contribution in [0.3, 0.4) is 0 Å². The van der Waals surface area contributed by atoms with Gasteiger partial charge in [-0.1, -0.05) is 6.07 Å². The zero-order valence-electron chi connectivity index (χ0n) is 8.81. The third-order valence-corrected chi connectivity index (χ3v) is 2.65. The summed E-state index contributed by atoms with van der Waals surface area (Å²) in [6, 6.07) is 4.41. The predicted molar refractivity (Wildman–Crippen MR) is 58.5 cm³/mol. The second kappa shape index (κ2) is 4.40. The summed E-state index contributed by atoms with van der Waals surface area (Å²) in [5, 5.41) is 22.0. The van der Waals surface area contributed by atoms with Gasteiger partial charge in [-0.2, -0.15) is 0 Å². The molecule has 0 aliphatic carbocycles. The summed E-state index contributed by atoms with van der Waals surface area (Å²) in [6.45, 7) is 2.75. The topological polar surface area (TPSA) is 72.8 Å². The molecular weight excluding hydrogens is 208 g/mol. The van der Waals surface area contributed by atoms with Crippen molar-refractivity contribution in [2.45, 2.75) is 0 Å². The number of nitrogens with zero attached hydrogens (tertiary/aromatic N) is 1. The van der Waals surface area contributed by atoms with Crippen LogP contribution in [0.25, 0.3) is 0 Å². The number of phenolic OH excluding ortho intramolecular Hbond substituents is 2. The molecule has 5 nitrogen and oxygen atoms in total. The summed E-state index contributed by atoms with van der Waals surface area (Å²) in [7, 11) is 0. The Hall–Kier alpha value is -1.75. The quantitative estimate of drug-likeness (QED) is 0.591. The van der Waals surface area contributed by atoms with E-state index in [0.717, 1.165) is 13.1 Å². The van der Waals surface area contributed by atoms with Crippen molar-refractivity contribution in [1.82, 2.24) is 10.2 Å². The highest BCUT2D eigenvalue weighted by Gasteiger charge is 2.21. The van der Waals surface area contributed by atoms with E-state index in [9.17, 15) is 15.0 Å². The molecule has 2 rings (SSSR count). The van der Waals surface area contributed by atoms with Gasteiger partial charge in [-0.05, 0) is 12.1 Å². The number of phenols is 2. The van der Waals surface area contributed by atoms with Crippen LogP contribution in [0, 0.1) is 0 Å². The molecule has 0 aromatic heterocycles. The Morgan fingerprint density at radius 1 is 1.25 bits per heavy atom. The minimum absolute atomic E-state index is 0.155. The highest BCUT2D eigenvalue weighted by molar-refractivity contribution is 5.97. The van der Waals surface area contributed by atoms with Crippen LogP contribution in [0.4, 0.5) is 0 Å². The molecule has 0 radical (unpaired) electrons. The number of aromatic hydroxyl groups is 2. The van der Waals surface area contributed by atoms with Gasteiger partial charge in [-0.3, -0.25) is 4.79 Å². The van der Waals surface area contributed by atoms with Crippen LogP contribution in [0.1, 0.15) is 10.4 Å². The Bertz CT molecular complexity index is 400. The van der Waals surface area contributed by atoms with Crippen LogP contribution < -0.4 is 5.32 Å². The van der Waals surface area contributed by atoms with E-state index in [0.29, 0.717) is 13.1 Å². The smallest absolute Gasteiger partial charge is 0.257 e. The Balaban J connectivity index is 2.22. The van der Waals surface area contributed by atoms with Gasteiger partial charge >= 0.3 is 0 Å². The van der Waals surface area contributed by atoms with Crippen molar-refractivity contribution in [3.05, 3.63) is 23.8 Å². The van der Waals surface area contributed by atoms with Crippen molar-refractivity contribution < 1.29 is 15.0 Å². The van der Waals surface area contributed by atoms with Crippen LogP contribution in [0.2, 0.25) is 0 Å². The first-order valence-corrected chi connectivity index (χ1v) is 5.21. The SMILES string of the molecule is O=C(c1cccc(O)c1O)N1CCNCC1. The fourth-order valence-corrected chi connectivity index (χ4v) is 1.74. The van der Waals surface area contributed by atoms with E-state index in [1.54, 1.807) is 11.0 Å². The number of amides is 1. The summed E-state index contributed by atoms with van der Waals surface area (Å²) in [5.41, 5.74) is 0.155. The van der Waals surface area contributed by atoms with E-state index < -0.39 is 0 Å². The van der Waals surface area contributed by atoms with E-state index in [2.05, 4.69) is 5.32 Å². The second-order valence-corrected chi connectivity index (χ2v) is 3.72. The standard InChI is InChI=1S/C11H14N2O3/c14-9-3-1-2-8(10(9)15)11(16)13-6-4-12-5-7-13/h1-3,12,14-15H,4-7H2. The average molecular weight is 222 g/mol. The van der Waals surface area contributed by atoms with Crippen LogP contribution in [0.5, 0.6) is 11.5 Å². The molecule has 86 valence electrons. The molecule has 0 unspecified atom stereocenters. The molecule has 0 bridgehead atoms. The van der Waals surface area contributed by atoms with E-state index in [1.165, 1.54) is 12.1 Å². The number of piperazine rings is 1. The monoisotopic (exact) mass is 222 g/mol. The predicted octanol–water partition coefficient (Wildman–Crippen LogP) is 0.143. The zero-order chi connectivity index (χ0) is 11.5. The maximum Gasteiger partial charge on any atom is 0.257 e. The van der Waals surface area contributed by atoms with Crippen molar-refractivity contribution >= 4 is 5.91 Å². The Morgan fingerprint density at radius 3 is 2.62 bits per heavy atom. The molecule has 1 aliphatic rings. The van der Waals surface area contributed by atoms with Crippen LogP contribution in [-0.2, 0) is 0 Å². The number of carbonyl (C=O) groups excluding carboxylic acids is 1. The highest BCUT2D eigenvalue weighted by Crippen LogP contribution is 2.29. The van der Waals surface area contributed by atoms with Gasteiger partial charge in [0.05, 0.1) is 5.56 Å². The number of hydrogen-bond acceptors (Lipinski definition) is 4. The lowest BCUT2D eigenvalue weighted by Crippen LogP contribution is -2.46. The van der Waals surface area contributed by atoms with Gasteiger partial charge in [0.25, 0.3) is 5.91 Å². The summed E-state index contributed by atoms with van der Waals surface area (Å²) >= 11 is 0. The Labute approximate surface area is 93.3 Å². The van der Waals surface area contributed by atoms with Gasteiger partial charge in [0.15, 0.2) is 11.5 Å². The minimum atomic E-state index is -0.342. The molecule has 1 fully saturated rings. The number of carbonyl (C=O) groups is 1. The molecule has 1 aromatic rings. The van der Waals surface area contributed by atoms with Crippen molar-refractivity contribution in [3.8, 4) is 11.5 Å². The fourth-order valence-electron chi connectivity index (χ4n) is 1.74. The van der Waals surface area contributed by atoms with E-state index in [1.807, 2.05) is 0 Å². The van der Waals surface area contributed by atoms with Crippen molar-refractivity contribution in [2.75, 3.05) is 26.2 Å². The number of nitrogens with one attached hydrogen (secondary N) is 1. The summed E-state index contributed by atoms with van der Waals surface area (Å²) in [5.74, 6) is -0.845. The lowest BCUT2D eigenvalue weighted by molar-refractivity contribution is 0.0732. The van der Waals surface area contributed by atoms with Crippen molar-refractivity contribution in [1.29, 1.82) is 0 Å². The first-order valence-electron chi connectivity index (χ1n) is 5.21. The van der Waals surface area contributed by atoms with Crippen molar-refractivity contribution in [2.24, 2.45) is 0 Å². The van der Waals surface area contributed by atoms with Gasteiger partial charge < -0.3 is 20.4 Å². The molecular formula is C11H14N2O3. The third kappa shape index (κ3) is 1.94. The van der Waals surface area contributed by atoms with E-state index >= 15 is 0 Å². The Kier molecular flexibility index (Phi) is 2.96. The first kappa shape index (κ1) is 10.8. The first-order chi connectivity index (χ1) is 7.70. The van der Waals surface area contributed by atoms with Gasteiger partial charge in [0.1, 0.15) is 0 Å². The van der Waals surface area contributed by atoms with Gasteiger partial charge in [0, 0.05) is 26.2 Å². The Morgan fingerprint density at radius 2 is 1.94 bits per heavy atom. The van der Waals surface area contributed by atoms with Crippen LogP contribution in [0.15, 0.2) is 18.2 Å². The lowest BCUT2D eigenvalue weighted by atomic mass is 10.1. The average Bonchev–Trinajstić information content (AvgIpc) is 2.33. The number of rotatable bonds is 1. The number of hydrogen-bond donors (Lipinski definition) is 3. The molecule has 1 heterocycles. The van der Waals surface area contributed by atoms with Crippen molar-refractivity contribution in [3.63, 3.8) is 0 Å². The molecule has 1 saturated heterocycles. The molecule has 5 heteroatoms. The van der Waals surface area contributed by atoms with Crippen LogP contribution >= 0.6 is 0 Å². The second-order valence-electron chi connectivity index (χ2n) is 3.72. The molecule has 1 aromatic carbocycles. The number of para-hydroxylation sites is 1. The summed E-state index contributed by atoms with van der Waals surface area (Å²) < 4.78 is 0. The highest BCUT2D eigenvalue weighted by atomic mass is 16.3. The van der Waals surface area contributed by atoms with E-state index in [-0.39, 0.29) is 23.0 Å². The molecule has 1 aliphatic heterocycles. The maximum absolute atomic E-state index is 12.0. The maximum atomic E-state index is 12.0. The van der Waals surface area contributed by atoms with Crippen LogP contribution in [-0.4, -0.2) is 47.2 Å². The summed E-state index contributed by atoms with van der Waals surface area (Å²) in [6.07, 6.45) is 0. The molecule has 3 N–H and O–H groups in total. The minimum Gasteiger partial charge on any atom is -0.504 e. The fraction of sp³-hybridized carbons (Fsp3) is 0.364. The normalized spacial score (nSPS) is 16.1. The number of benzene rings is 1. The molecule has 0 saturated carbocycles. The molecule has 0 atom stereocenters. The lowest BCUT2D eigenvalue weighted by Gasteiger charge is -2.27. The molecule has 0 spiro atoms. The third-order valence-electron chi connectivity index (χ3n) is 2.65.